The number of nitrogens with one attached hydrogen (secondary N) is 1. The van der Waals surface area contributed by atoms with Gasteiger partial charge in [0.1, 0.15) is 0 Å². The number of amides is 1. The maximum atomic E-state index is 12.6. The first kappa shape index (κ1) is 16.7. The molecule has 5 heteroatoms. The molecule has 0 aromatic heterocycles. The van der Waals surface area contributed by atoms with Crippen LogP contribution in [0.3, 0.4) is 0 Å². The van der Waals surface area contributed by atoms with Crippen molar-refractivity contribution in [3.63, 3.8) is 0 Å². The zero-order valence-corrected chi connectivity index (χ0v) is 15.4. The highest BCUT2D eigenvalue weighted by molar-refractivity contribution is 8.00. The van der Waals surface area contributed by atoms with E-state index in [0.717, 1.165) is 32.6 Å². The molecular weight excluding hydrogens is 344 g/mol. The SMILES string of the molecule is CCN1C(=O)c2cccc3c(SNc4ccc(C(C)=O)cc4)ccc1c23. The van der Waals surface area contributed by atoms with E-state index in [1.807, 2.05) is 60.4 Å². The fourth-order valence-corrected chi connectivity index (χ4v) is 4.09. The third-order valence-corrected chi connectivity index (χ3v) is 5.55. The Balaban J connectivity index is 1.65. The molecule has 1 aliphatic heterocycles. The number of hydrogen-bond donors (Lipinski definition) is 1. The summed E-state index contributed by atoms with van der Waals surface area (Å²) < 4.78 is 3.32. The largest absolute Gasteiger partial charge is 0.326 e. The van der Waals surface area contributed by atoms with Crippen LogP contribution >= 0.6 is 11.9 Å². The van der Waals surface area contributed by atoms with Crippen molar-refractivity contribution in [1.29, 1.82) is 0 Å². The molecule has 0 saturated heterocycles. The van der Waals surface area contributed by atoms with E-state index in [4.69, 9.17) is 0 Å². The van der Waals surface area contributed by atoms with Gasteiger partial charge in [-0.1, -0.05) is 12.1 Å². The van der Waals surface area contributed by atoms with Crippen LogP contribution in [0.25, 0.3) is 10.8 Å². The third kappa shape index (κ3) is 2.65. The minimum Gasteiger partial charge on any atom is -0.326 e. The van der Waals surface area contributed by atoms with Gasteiger partial charge in [0.15, 0.2) is 5.78 Å². The molecule has 0 atom stereocenters. The van der Waals surface area contributed by atoms with Crippen molar-refractivity contribution in [2.45, 2.75) is 18.7 Å². The van der Waals surface area contributed by atoms with Crippen LogP contribution in [0.5, 0.6) is 0 Å². The van der Waals surface area contributed by atoms with Crippen molar-refractivity contribution in [2.24, 2.45) is 0 Å². The molecule has 4 nitrogen and oxygen atoms in total. The van der Waals surface area contributed by atoms with Gasteiger partial charge in [0.25, 0.3) is 5.91 Å². The average molecular weight is 362 g/mol. The molecule has 1 heterocycles. The van der Waals surface area contributed by atoms with Gasteiger partial charge in [0.05, 0.1) is 5.69 Å². The molecule has 0 spiro atoms. The van der Waals surface area contributed by atoms with Gasteiger partial charge in [-0.15, -0.1) is 0 Å². The van der Waals surface area contributed by atoms with Crippen LogP contribution in [0.15, 0.2) is 59.5 Å². The van der Waals surface area contributed by atoms with E-state index >= 15 is 0 Å². The zero-order valence-electron chi connectivity index (χ0n) is 14.6. The van der Waals surface area contributed by atoms with Gasteiger partial charge in [0.2, 0.25) is 0 Å². The third-order valence-electron chi connectivity index (χ3n) is 4.63. The van der Waals surface area contributed by atoms with E-state index in [9.17, 15) is 9.59 Å². The normalized spacial score (nSPS) is 12.7. The Morgan fingerprint density at radius 2 is 1.85 bits per heavy atom. The van der Waals surface area contributed by atoms with Crippen molar-refractivity contribution < 1.29 is 9.59 Å². The van der Waals surface area contributed by atoms with Crippen molar-refractivity contribution in [3.8, 4) is 0 Å². The van der Waals surface area contributed by atoms with Crippen LogP contribution in [0.4, 0.5) is 11.4 Å². The molecule has 3 aromatic carbocycles. The molecule has 0 aliphatic carbocycles. The van der Waals surface area contributed by atoms with E-state index in [1.54, 1.807) is 6.92 Å². The lowest BCUT2D eigenvalue weighted by Gasteiger charge is -2.15. The summed E-state index contributed by atoms with van der Waals surface area (Å²) in [5.41, 5.74) is 3.38. The Hall–Kier alpha value is -2.79. The molecule has 0 radical (unpaired) electrons. The van der Waals surface area contributed by atoms with Gasteiger partial charge >= 0.3 is 0 Å². The minimum atomic E-state index is 0.0573. The first-order valence-corrected chi connectivity index (χ1v) is 9.33. The standard InChI is InChI=1S/C21H18N2O2S/c1-3-23-18-11-12-19(16-5-4-6-17(20(16)18)21(23)25)26-22-15-9-7-14(8-10-15)13(2)24/h4-12,22H,3H2,1-2H3. The smallest absolute Gasteiger partial charge is 0.258 e. The molecule has 0 saturated carbocycles. The van der Waals surface area contributed by atoms with E-state index in [0.29, 0.717) is 12.1 Å². The lowest BCUT2D eigenvalue weighted by Crippen LogP contribution is -2.25. The summed E-state index contributed by atoms with van der Waals surface area (Å²) in [5.74, 6) is 0.130. The predicted molar refractivity (Wildman–Crippen MR) is 107 cm³/mol. The molecule has 0 bridgehead atoms. The van der Waals surface area contributed by atoms with Gasteiger partial charge in [-0.2, -0.15) is 0 Å². The Kier molecular flexibility index (Phi) is 4.17. The van der Waals surface area contributed by atoms with Gasteiger partial charge in [-0.3, -0.25) is 9.59 Å². The molecule has 26 heavy (non-hydrogen) atoms. The first-order valence-electron chi connectivity index (χ1n) is 8.51. The summed E-state index contributed by atoms with van der Waals surface area (Å²) in [6.45, 7) is 4.21. The minimum absolute atomic E-state index is 0.0573. The Labute approximate surface area is 156 Å². The number of Topliss-reactive ketones (excluding diaryl/α,β-unsaturated/α-hetero) is 1. The molecule has 0 unspecified atom stereocenters. The number of rotatable bonds is 5. The summed E-state index contributed by atoms with van der Waals surface area (Å²) in [6.07, 6.45) is 0. The van der Waals surface area contributed by atoms with Crippen LogP contribution in [-0.4, -0.2) is 18.2 Å². The molecule has 1 amide bonds. The summed E-state index contributed by atoms with van der Waals surface area (Å²) in [5, 5.41) is 2.10. The van der Waals surface area contributed by atoms with Gasteiger partial charge < -0.3 is 9.62 Å². The summed E-state index contributed by atoms with van der Waals surface area (Å²) in [6, 6.07) is 17.4. The Morgan fingerprint density at radius 3 is 2.54 bits per heavy atom. The molecule has 3 aromatic rings. The second kappa shape index (κ2) is 6.50. The molecular formula is C21H18N2O2S. The lowest BCUT2D eigenvalue weighted by atomic mass is 10.1. The van der Waals surface area contributed by atoms with Crippen LogP contribution < -0.4 is 9.62 Å². The topological polar surface area (TPSA) is 49.4 Å². The van der Waals surface area contributed by atoms with Gasteiger partial charge in [-0.25, -0.2) is 0 Å². The van der Waals surface area contributed by atoms with Crippen molar-refractivity contribution in [2.75, 3.05) is 16.2 Å². The highest BCUT2D eigenvalue weighted by Crippen LogP contribution is 2.41. The second-order valence-electron chi connectivity index (χ2n) is 6.20. The van der Waals surface area contributed by atoms with Crippen LogP contribution in [-0.2, 0) is 0 Å². The molecule has 1 aliphatic rings. The fourth-order valence-electron chi connectivity index (χ4n) is 3.31. The number of hydrogen-bond acceptors (Lipinski definition) is 4. The maximum Gasteiger partial charge on any atom is 0.258 e. The average Bonchev–Trinajstić information content (AvgIpc) is 2.94. The fraction of sp³-hybridized carbons (Fsp3) is 0.143. The molecule has 1 N–H and O–H groups in total. The predicted octanol–water partition coefficient (Wildman–Crippen LogP) is 5.14. The monoisotopic (exact) mass is 362 g/mol. The molecule has 130 valence electrons. The first-order chi connectivity index (χ1) is 12.6. The molecule has 4 rings (SSSR count). The zero-order chi connectivity index (χ0) is 18.3. The van der Waals surface area contributed by atoms with Crippen molar-refractivity contribution in [3.05, 3.63) is 65.7 Å². The maximum absolute atomic E-state index is 12.6. The second-order valence-corrected chi connectivity index (χ2v) is 7.05. The van der Waals surface area contributed by atoms with Crippen LogP contribution in [0, 0.1) is 0 Å². The van der Waals surface area contributed by atoms with E-state index in [2.05, 4.69) is 10.8 Å². The van der Waals surface area contributed by atoms with Crippen molar-refractivity contribution >= 4 is 45.8 Å². The highest BCUT2D eigenvalue weighted by atomic mass is 32.2. The van der Waals surface area contributed by atoms with E-state index in [-0.39, 0.29) is 11.7 Å². The van der Waals surface area contributed by atoms with E-state index < -0.39 is 0 Å². The van der Waals surface area contributed by atoms with E-state index in [1.165, 1.54) is 11.9 Å². The number of anilines is 2. The summed E-state index contributed by atoms with van der Waals surface area (Å²) >= 11 is 1.51. The number of carbonyl (C=O) groups is 2. The quantitative estimate of drug-likeness (QED) is 0.504. The summed E-state index contributed by atoms with van der Waals surface area (Å²) in [7, 11) is 0. The highest BCUT2D eigenvalue weighted by Gasteiger charge is 2.29. The van der Waals surface area contributed by atoms with Crippen molar-refractivity contribution in [1.82, 2.24) is 0 Å². The van der Waals surface area contributed by atoms with Gasteiger partial charge in [-0.05, 0) is 73.6 Å². The van der Waals surface area contributed by atoms with Gasteiger partial charge in [0, 0.05) is 33.6 Å². The Bertz CT molecular complexity index is 1030. The number of carbonyl (C=O) groups excluding carboxylic acids is 2. The summed E-state index contributed by atoms with van der Waals surface area (Å²) in [4.78, 5) is 26.8. The number of benzene rings is 3. The van der Waals surface area contributed by atoms with Crippen LogP contribution in [0.2, 0.25) is 0 Å². The Morgan fingerprint density at radius 1 is 1.08 bits per heavy atom. The van der Waals surface area contributed by atoms with Crippen LogP contribution in [0.1, 0.15) is 34.6 Å². The number of nitrogens with zero attached hydrogens (tertiary/aromatic N) is 1. The lowest BCUT2D eigenvalue weighted by molar-refractivity contribution is 0.0991. The number of ketones is 1. The molecule has 0 fully saturated rings.